The highest BCUT2D eigenvalue weighted by Crippen LogP contribution is 2.20. The summed E-state index contributed by atoms with van der Waals surface area (Å²) in [6, 6.07) is 7.22. The number of hydrogen-bond acceptors (Lipinski definition) is 5. The second-order valence-electron chi connectivity index (χ2n) is 5.84. The van der Waals surface area contributed by atoms with Crippen molar-refractivity contribution in [2.45, 2.75) is 6.92 Å². The number of aryl methyl sites for hydroxylation is 1. The van der Waals surface area contributed by atoms with Gasteiger partial charge in [0.2, 0.25) is 5.91 Å². The molecule has 0 saturated carbocycles. The molecule has 126 valence electrons. The zero-order valence-electron chi connectivity index (χ0n) is 13.6. The van der Waals surface area contributed by atoms with Crippen LogP contribution < -0.4 is 5.73 Å². The van der Waals surface area contributed by atoms with Crippen molar-refractivity contribution in [1.82, 2.24) is 14.8 Å². The maximum Gasteiger partial charge on any atom is 0.255 e. The Balaban J connectivity index is 1.68. The van der Waals surface area contributed by atoms with Crippen LogP contribution in [0.4, 0.5) is 0 Å². The Kier molecular flexibility index (Phi) is 4.61. The lowest BCUT2D eigenvalue weighted by Gasteiger charge is -2.34. The summed E-state index contributed by atoms with van der Waals surface area (Å²) in [5, 5.41) is 0. The van der Waals surface area contributed by atoms with Crippen LogP contribution in [-0.2, 0) is 4.79 Å². The zero-order valence-corrected chi connectivity index (χ0v) is 13.6. The van der Waals surface area contributed by atoms with E-state index >= 15 is 0 Å². The van der Waals surface area contributed by atoms with Crippen LogP contribution in [0.2, 0.25) is 0 Å². The Morgan fingerprint density at radius 3 is 2.54 bits per heavy atom. The van der Waals surface area contributed by atoms with Gasteiger partial charge in [-0.2, -0.15) is 0 Å². The molecule has 0 atom stereocenters. The second kappa shape index (κ2) is 6.84. The highest BCUT2D eigenvalue weighted by molar-refractivity contribution is 5.95. The average Bonchev–Trinajstić information content (AvgIpc) is 3.09. The summed E-state index contributed by atoms with van der Waals surface area (Å²) in [5.74, 6) is 0.297. The van der Waals surface area contributed by atoms with E-state index in [2.05, 4.69) is 4.98 Å². The van der Waals surface area contributed by atoms with Crippen molar-refractivity contribution in [2.24, 2.45) is 5.73 Å². The van der Waals surface area contributed by atoms with E-state index in [9.17, 15) is 9.59 Å². The van der Waals surface area contributed by atoms with E-state index in [1.165, 1.54) is 0 Å². The van der Waals surface area contributed by atoms with Crippen LogP contribution in [0.15, 0.2) is 34.9 Å². The number of furan rings is 1. The quantitative estimate of drug-likeness (QED) is 0.900. The van der Waals surface area contributed by atoms with Gasteiger partial charge in [-0.15, -0.1) is 0 Å². The summed E-state index contributed by atoms with van der Waals surface area (Å²) in [6.45, 7) is 4.50. The minimum absolute atomic E-state index is 0.0373. The van der Waals surface area contributed by atoms with Crippen LogP contribution in [0.3, 0.4) is 0 Å². The summed E-state index contributed by atoms with van der Waals surface area (Å²) in [5.41, 5.74) is 7.18. The maximum absolute atomic E-state index is 12.7. The molecule has 1 fully saturated rings. The van der Waals surface area contributed by atoms with E-state index in [0.29, 0.717) is 48.9 Å². The first-order chi connectivity index (χ1) is 11.5. The molecule has 1 saturated heterocycles. The number of hydrogen-bond donors (Lipinski definition) is 1. The van der Waals surface area contributed by atoms with Gasteiger partial charge in [0.25, 0.3) is 5.91 Å². The van der Waals surface area contributed by atoms with E-state index in [-0.39, 0.29) is 18.4 Å². The highest BCUT2D eigenvalue weighted by Gasteiger charge is 2.24. The average molecular weight is 328 g/mol. The lowest BCUT2D eigenvalue weighted by molar-refractivity contribution is -0.119. The number of piperazine rings is 1. The molecule has 7 heteroatoms. The molecule has 24 heavy (non-hydrogen) atoms. The molecule has 0 spiro atoms. The number of nitrogens with zero attached hydrogens (tertiary/aromatic N) is 3. The van der Waals surface area contributed by atoms with Gasteiger partial charge in [-0.25, -0.2) is 4.98 Å². The molecule has 2 aromatic rings. The lowest BCUT2D eigenvalue weighted by atomic mass is 10.1. The zero-order chi connectivity index (χ0) is 17.1. The number of nitrogens with two attached hydrogens (primary N) is 1. The first kappa shape index (κ1) is 16.2. The highest BCUT2D eigenvalue weighted by atomic mass is 16.3. The fourth-order valence-electron chi connectivity index (χ4n) is 2.85. The van der Waals surface area contributed by atoms with E-state index in [1.54, 1.807) is 29.4 Å². The van der Waals surface area contributed by atoms with Gasteiger partial charge in [-0.05, 0) is 31.2 Å². The molecular formula is C17H20N4O3. The molecule has 0 unspecified atom stereocenters. The molecular weight excluding hydrogens is 308 g/mol. The topological polar surface area (TPSA) is 92.7 Å². The van der Waals surface area contributed by atoms with Gasteiger partial charge in [-0.3, -0.25) is 14.5 Å². The predicted octanol–water partition coefficient (Wildman–Crippen LogP) is 0.893. The van der Waals surface area contributed by atoms with Gasteiger partial charge in [0.15, 0.2) is 5.76 Å². The molecule has 0 bridgehead atoms. The number of amides is 2. The Hall–Kier alpha value is -2.67. The molecule has 3 heterocycles. The Bertz CT molecular complexity index is 734. The van der Waals surface area contributed by atoms with Crippen LogP contribution in [0.5, 0.6) is 0 Å². The van der Waals surface area contributed by atoms with Crippen molar-refractivity contribution < 1.29 is 14.0 Å². The van der Waals surface area contributed by atoms with Crippen molar-refractivity contribution >= 4 is 11.8 Å². The first-order valence-electron chi connectivity index (χ1n) is 7.86. The van der Waals surface area contributed by atoms with Crippen LogP contribution in [0, 0.1) is 6.92 Å². The van der Waals surface area contributed by atoms with Crippen molar-refractivity contribution in [3.05, 3.63) is 41.8 Å². The van der Waals surface area contributed by atoms with Crippen LogP contribution in [0.1, 0.15) is 16.1 Å². The number of carbonyl (C=O) groups is 2. The summed E-state index contributed by atoms with van der Waals surface area (Å²) < 4.78 is 5.33. The number of carbonyl (C=O) groups excluding carboxylic acids is 2. The fourth-order valence-corrected chi connectivity index (χ4v) is 2.85. The first-order valence-corrected chi connectivity index (χ1v) is 7.86. The van der Waals surface area contributed by atoms with Crippen molar-refractivity contribution in [1.29, 1.82) is 0 Å². The third kappa shape index (κ3) is 3.46. The maximum atomic E-state index is 12.7. The number of pyridine rings is 1. The van der Waals surface area contributed by atoms with Crippen LogP contribution >= 0.6 is 0 Å². The van der Waals surface area contributed by atoms with Gasteiger partial charge < -0.3 is 15.1 Å². The van der Waals surface area contributed by atoms with E-state index in [1.807, 2.05) is 17.9 Å². The minimum atomic E-state index is -0.344. The van der Waals surface area contributed by atoms with Crippen molar-refractivity contribution in [3.8, 4) is 11.5 Å². The standard InChI is InChI=1S/C17H20N4O3/c1-12-13(4-5-14(19-12)15-3-2-10-24-15)17(23)21-8-6-20(7-9-21)11-16(18)22/h2-5,10H,6-9,11H2,1H3,(H2,18,22). The van der Waals surface area contributed by atoms with Crippen molar-refractivity contribution in [3.63, 3.8) is 0 Å². The normalized spacial score (nSPS) is 15.5. The molecule has 0 radical (unpaired) electrons. The second-order valence-corrected chi connectivity index (χ2v) is 5.84. The summed E-state index contributed by atoms with van der Waals surface area (Å²) in [6.07, 6.45) is 1.59. The summed E-state index contributed by atoms with van der Waals surface area (Å²) in [4.78, 5) is 31.9. The van der Waals surface area contributed by atoms with Gasteiger partial charge in [0.05, 0.1) is 24.1 Å². The summed E-state index contributed by atoms with van der Waals surface area (Å²) in [7, 11) is 0. The molecule has 1 aliphatic heterocycles. The van der Waals surface area contributed by atoms with E-state index in [4.69, 9.17) is 10.2 Å². The van der Waals surface area contributed by atoms with Crippen LogP contribution in [-0.4, -0.2) is 59.3 Å². The van der Waals surface area contributed by atoms with Crippen LogP contribution in [0.25, 0.3) is 11.5 Å². The molecule has 2 aromatic heterocycles. The smallest absolute Gasteiger partial charge is 0.255 e. The third-order valence-electron chi connectivity index (χ3n) is 4.13. The lowest BCUT2D eigenvalue weighted by Crippen LogP contribution is -2.50. The SMILES string of the molecule is Cc1nc(-c2ccco2)ccc1C(=O)N1CCN(CC(N)=O)CC1. The van der Waals surface area contributed by atoms with Gasteiger partial charge in [0.1, 0.15) is 5.69 Å². The Morgan fingerprint density at radius 2 is 1.96 bits per heavy atom. The molecule has 2 amide bonds. The molecule has 1 aliphatic rings. The molecule has 2 N–H and O–H groups in total. The number of aromatic nitrogens is 1. The van der Waals surface area contributed by atoms with Gasteiger partial charge in [-0.1, -0.05) is 0 Å². The van der Waals surface area contributed by atoms with Gasteiger partial charge in [0, 0.05) is 26.2 Å². The van der Waals surface area contributed by atoms with E-state index < -0.39 is 0 Å². The molecule has 3 rings (SSSR count). The fraction of sp³-hybridized carbons (Fsp3) is 0.353. The van der Waals surface area contributed by atoms with Gasteiger partial charge >= 0.3 is 0 Å². The number of primary amides is 1. The molecule has 0 aliphatic carbocycles. The largest absolute Gasteiger partial charge is 0.463 e. The monoisotopic (exact) mass is 328 g/mol. The predicted molar refractivity (Wildman–Crippen MR) is 88.2 cm³/mol. The molecule has 7 nitrogen and oxygen atoms in total. The third-order valence-corrected chi connectivity index (χ3v) is 4.13. The Labute approximate surface area is 140 Å². The Morgan fingerprint density at radius 1 is 1.21 bits per heavy atom. The minimum Gasteiger partial charge on any atom is -0.463 e. The molecule has 0 aromatic carbocycles. The summed E-state index contributed by atoms with van der Waals surface area (Å²) >= 11 is 0. The van der Waals surface area contributed by atoms with Crippen molar-refractivity contribution in [2.75, 3.05) is 32.7 Å². The van der Waals surface area contributed by atoms with E-state index in [0.717, 1.165) is 0 Å². The number of rotatable bonds is 4.